The maximum absolute atomic E-state index is 5.60. The van der Waals surface area contributed by atoms with Crippen LogP contribution in [-0.2, 0) is 13.0 Å². The van der Waals surface area contributed by atoms with Crippen molar-refractivity contribution in [1.29, 1.82) is 0 Å². The van der Waals surface area contributed by atoms with E-state index in [1.807, 2.05) is 6.20 Å². The van der Waals surface area contributed by atoms with Crippen LogP contribution >= 0.6 is 17.0 Å². The third kappa shape index (κ3) is 4.01. The van der Waals surface area contributed by atoms with Gasteiger partial charge >= 0.3 is 0 Å². The van der Waals surface area contributed by atoms with E-state index in [4.69, 9.17) is 4.74 Å². The number of imidazole rings is 1. The van der Waals surface area contributed by atoms with Crippen LogP contribution in [0.15, 0.2) is 54.7 Å². The fourth-order valence-corrected chi connectivity index (χ4v) is 4.31. The van der Waals surface area contributed by atoms with Crippen LogP contribution in [0.2, 0.25) is 0 Å². The SMILES string of the molecule is Br.c1ccc(C2CCN(Cc3cnc(-c4ccc5c(c4)CCO5)[nH]3)CC2)cc1. The first-order chi connectivity index (χ1) is 13.3. The minimum atomic E-state index is 0. The molecule has 0 unspecified atom stereocenters. The van der Waals surface area contributed by atoms with Crippen molar-refractivity contribution in [2.75, 3.05) is 19.7 Å². The van der Waals surface area contributed by atoms with E-state index in [2.05, 4.69) is 63.4 Å². The summed E-state index contributed by atoms with van der Waals surface area (Å²) in [6, 6.07) is 17.3. The second-order valence-electron chi connectivity index (χ2n) is 7.64. The molecule has 0 bridgehead atoms. The van der Waals surface area contributed by atoms with Crippen molar-refractivity contribution >= 4 is 17.0 Å². The third-order valence-electron chi connectivity index (χ3n) is 5.84. The highest BCUT2D eigenvalue weighted by Crippen LogP contribution is 2.30. The van der Waals surface area contributed by atoms with Crippen LogP contribution in [0.25, 0.3) is 11.4 Å². The average Bonchev–Trinajstić information content (AvgIpc) is 3.38. The van der Waals surface area contributed by atoms with Crippen molar-refractivity contribution < 1.29 is 4.74 Å². The number of nitrogens with one attached hydrogen (secondary N) is 1. The molecule has 3 heterocycles. The lowest BCUT2D eigenvalue weighted by Crippen LogP contribution is -2.32. The van der Waals surface area contributed by atoms with E-state index in [9.17, 15) is 0 Å². The van der Waals surface area contributed by atoms with E-state index in [-0.39, 0.29) is 17.0 Å². The number of fused-ring (bicyclic) bond motifs is 1. The van der Waals surface area contributed by atoms with Gasteiger partial charge in [-0.3, -0.25) is 4.90 Å². The Kier molecular flexibility index (Phi) is 5.83. The number of aromatic nitrogens is 2. The van der Waals surface area contributed by atoms with Crippen LogP contribution in [0.1, 0.15) is 35.6 Å². The Morgan fingerprint density at radius 2 is 1.89 bits per heavy atom. The largest absolute Gasteiger partial charge is 0.493 e. The average molecular weight is 440 g/mol. The van der Waals surface area contributed by atoms with Gasteiger partial charge in [-0.25, -0.2) is 4.98 Å². The van der Waals surface area contributed by atoms with E-state index in [0.717, 1.165) is 49.8 Å². The smallest absolute Gasteiger partial charge is 0.137 e. The minimum absolute atomic E-state index is 0. The summed E-state index contributed by atoms with van der Waals surface area (Å²) in [5, 5.41) is 0. The number of rotatable bonds is 4. The van der Waals surface area contributed by atoms with Crippen molar-refractivity contribution in [2.45, 2.75) is 31.7 Å². The number of piperidine rings is 1. The van der Waals surface area contributed by atoms with Crippen LogP contribution < -0.4 is 4.74 Å². The second-order valence-corrected chi connectivity index (χ2v) is 7.64. The van der Waals surface area contributed by atoms with E-state index >= 15 is 0 Å². The number of ether oxygens (including phenoxy) is 1. The number of aromatic amines is 1. The van der Waals surface area contributed by atoms with Gasteiger partial charge in [-0.1, -0.05) is 30.3 Å². The van der Waals surface area contributed by atoms with Gasteiger partial charge in [0.05, 0.1) is 6.61 Å². The molecule has 2 aromatic carbocycles. The standard InChI is InChI=1S/C23H25N3O.BrH/c1-2-4-17(5-3-1)18-8-11-26(12-9-18)16-21-15-24-23(25-21)20-6-7-22-19(14-20)10-13-27-22;/h1-7,14-15,18H,8-13,16H2,(H,24,25);1H. The Hall–Kier alpha value is -2.11. The van der Waals surface area contributed by atoms with Crippen LogP contribution in [0.5, 0.6) is 5.75 Å². The number of hydrogen-bond acceptors (Lipinski definition) is 3. The van der Waals surface area contributed by atoms with Crippen LogP contribution in [0.4, 0.5) is 0 Å². The van der Waals surface area contributed by atoms with Gasteiger partial charge in [0.1, 0.15) is 11.6 Å². The van der Waals surface area contributed by atoms with Crippen LogP contribution in [-0.4, -0.2) is 34.6 Å². The van der Waals surface area contributed by atoms with Gasteiger partial charge in [-0.05, 0) is 61.2 Å². The summed E-state index contributed by atoms with van der Waals surface area (Å²) in [5.74, 6) is 2.68. The zero-order chi connectivity index (χ0) is 18.1. The van der Waals surface area contributed by atoms with Crippen molar-refractivity contribution in [3.05, 3.63) is 71.5 Å². The molecule has 1 fully saturated rings. The second kappa shape index (κ2) is 8.50. The first kappa shape index (κ1) is 19.2. The van der Waals surface area contributed by atoms with Gasteiger partial charge in [0, 0.05) is 30.4 Å². The number of benzene rings is 2. The van der Waals surface area contributed by atoms with Crippen molar-refractivity contribution in [3.8, 4) is 17.1 Å². The number of nitrogens with zero attached hydrogens (tertiary/aromatic N) is 2. The summed E-state index contributed by atoms with van der Waals surface area (Å²) < 4.78 is 5.60. The molecule has 4 nitrogen and oxygen atoms in total. The Morgan fingerprint density at radius 1 is 1.07 bits per heavy atom. The van der Waals surface area contributed by atoms with Crippen LogP contribution in [0, 0.1) is 0 Å². The Balaban J connectivity index is 0.00000192. The van der Waals surface area contributed by atoms with Gasteiger partial charge in [0.2, 0.25) is 0 Å². The van der Waals surface area contributed by atoms with Gasteiger partial charge < -0.3 is 9.72 Å². The zero-order valence-electron chi connectivity index (χ0n) is 15.9. The molecule has 1 saturated heterocycles. The lowest BCUT2D eigenvalue weighted by atomic mass is 9.89. The maximum atomic E-state index is 5.60. The normalized spacial score (nSPS) is 17.0. The number of likely N-dealkylation sites (tertiary alicyclic amines) is 1. The fraction of sp³-hybridized carbons (Fsp3) is 0.348. The molecule has 0 amide bonds. The first-order valence-electron chi connectivity index (χ1n) is 9.92. The molecule has 5 rings (SSSR count). The van der Waals surface area contributed by atoms with Crippen molar-refractivity contribution in [3.63, 3.8) is 0 Å². The molecule has 1 aromatic heterocycles. The number of halogens is 1. The molecular weight excluding hydrogens is 414 g/mol. The Morgan fingerprint density at radius 3 is 2.71 bits per heavy atom. The van der Waals surface area contributed by atoms with E-state index in [1.165, 1.54) is 29.7 Å². The Bertz CT molecular complexity index is 917. The lowest BCUT2D eigenvalue weighted by molar-refractivity contribution is 0.203. The topological polar surface area (TPSA) is 41.2 Å². The molecule has 0 aliphatic carbocycles. The summed E-state index contributed by atoms with van der Waals surface area (Å²) in [4.78, 5) is 10.7. The molecule has 0 saturated carbocycles. The van der Waals surface area contributed by atoms with Gasteiger partial charge in [0.15, 0.2) is 0 Å². The predicted molar refractivity (Wildman–Crippen MR) is 117 cm³/mol. The van der Waals surface area contributed by atoms with Crippen molar-refractivity contribution in [2.24, 2.45) is 0 Å². The maximum Gasteiger partial charge on any atom is 0.137 e. The van der Waals surface area contributed by atoms with E-state index < -0.39 is 0 Å². The number of hydrogen-bond donors (Lipinski definition) is 1. The van der Waals surface area contributed by atoms with Crippen LogP contribution in [0.3, 0.4) is 0 Å². The summed E-state index contributed by atoms with van der Waals surface area (Å²) in [7, 11) is 0. The molecule has 3 aromatic rings. The minimum Gasteiger partial charge on any atom is -0.493 e. The molecule has 1 N–H and O–H groups in total. The fourth-order valence-electron chi connectivity index (χ4n) is 4.31. The van der Waals surface area contributed by atoms with Gasteiger partial charge in [0.25, 0.3) is 0 Å². The zero-order valence-corrected chi connectivity index (χ0v) is 17.6. The summed E-state index contributed by atoms with van der Waals surface area (Å²) in [5.41, 5.74) is 5.11. The summed E-state index contributed by atoms with van der Waals surface area (Å²) >= 11 is 0. The highest BCUT2D eigenvalue weighted by molar-refractivity contribution is 8.93. The molecule has 146 valence electrons. The molecule has 2 aliphatic rings. The molecule has 28 heavy (non-hydrogen) atoms. The highest BCUT2D eigenvalue weighted by atomic mass is 79.9. The van der Waals surface area contributed by atoms with Gasteiger partial charge in [-0.2, -0.15) is 0 Å². The molecule has 0 radical (unpaired) electrons. The Labute approximate surface area is 176 Å². The first-order valence-corrected chi connectivity index (χ1v) is 9.92. The van der Waals surface area contributed by atoms with E-state index in [1.54, 1.807) is 0 Å². The molecule has 5 heteroatoms. The summed E-state index contributed by atoms with van der Waals surface area (Å²) in [6.45, 7) is 4.03. The predicted octanol–water partition coefficient (Wildman–Crippen LogP) is 4.97. The monoisotopic (exact) mass is 439 g/mol. The lowest BCUT2D eigenvalue weighted by Gasteiger charge is -2.31. The van der Waals surface area contributed by atoms with Gasteiger partial charge in [-0.15, -0.1) is 17.0 Å². The molecule has 2 aliphatic heterocycles. The molecular formula is C23H26BrN3O. The highest BCUT2D eigenvalue weighted by Gasteiger charge is 2.21. The van der Waals surface area contributed by atoms with Crippen molar-refractivity contribution in [1.82, 2.24) is 14.9 Å². The molecule has 0 spiro atoms. The molecule has 0 atom stereocenters. The summed E-state index contributed by atoms with van der Waals surface area (Å²) in [6.07, 6.45) is 5.45. The number of H-pyrrole nitrogens is 1. The quantitative estimate of drug-likeness (QED) is 0.623. The third-order valence-corrected chi connectivity index (χ3v) is 5.84. The van der Waals surface area contributed by atoms with E-state index in [0.29, 0.717) is 5.92 Å².